The van der Waals surface area contributed by atoms with Crippen LogP contribution in [0.25, 0.3) is 6.08 Å². The van der Waals surface area contributed by atoms with Gasteiger partial charge in [0.1, 0.15) is 0 Å². The van der Waals surface area contributed by atoms with E-state index in [1.54, 1.807) is 24.3 Å². The number of esters is 1. The van der Waals surface area contributed by atoms with Crippen molar-refractivity contribution in [2.45, 2.75) is 0 Å². The Balaban J connectivity index is 2.10. The molecule has 0 atom stereocenters. The zero-order chi connectivity index (χ0) is 16.7. The van der Waals surface area contributed by atoms with E-state index in [-0.39, 0.29) is 5.75 Å². The number of carbonyl (C=O) groups excluding carboxylic acids is 1. The van der Waals surface area contributed by atoms with E-state index in [2.05, 4.69) is 21.1 Å². The van der Waals surface area contributed by atoms with Crippen molar-refractivity contribution >= 4 is 34.2 Å². The molecule has 2 rings (SSSR count). The number of oxime groups is 1. The molecule has 2 aromatic carbocycles. The summed E-state index contributed by atoms with van der Waals surface area (Å²) >= 11 is 3.37. The number of benzene rings is 2. The van der Waals surface area contributed by atoms with E-state index in [9.17, 15) is 4.79 Å². The van der Waals surface area contributed by atoms with E-state index in [0.717, 1.165) is 10.0 Å². The molecule has 0 aliphatic rings. The third-order valence-corrected chi connectivity index (χ3v) is 3.36. The van der Waals surface area contributed by atoms with Gasteiger partial charge in [-0.1, -0.05) is 33.2 Å². The second kappa shape index (κ2) is 8.14. The molecule has 0 spiro atoms. The minimum atomic E-state index is -0.521. The first-order chi connectivity index (χ1) is 11.1. The number of halogens is 1. The first-order valence-electron chi connectivity index (χ1n) is 6.63. The Bertz CT molecular complexity index is 756. The molecular formula is C17H14BrNO4. The lowest BCUT2D eigenvalue weighted by Gasteiger charge is -2.08. The molecule has 6 heteroatoms. The van der Waals surface area contributed by atoms with Crippen LogP contribution in [0.15, 0.2) is 58.2 Å². The number of methoxy groups -OCH3 is 1. The predicted molar refractivity (Wildman–Crippen MR) is 91.2 cm³/mol. The van der Waals surface area contributed by atoms with Gasteiger partial charge in [0.05, 0.1) is 13.3 Å². The molecule has 0 bridgehead atoms. The van der Waals surface area contributed by atoms with Crippen LogP contribution in [0, 0.1) is 0 Å². The highest BCUT2D eigenvalue weighted by atomic mass is 79.9. The summed E-state index contributed by atoms with van der Waals surface area (Å²) in [5.41, 5.74) is 1.49. The molecular weight excluding hydrogens is 362 g/mol. The SMILES string of the molecule is COc1cc(/C=N/O)ccc1OC(=O)C=Cc1cccc(Br)c1. The van der Waals surface area contributed by atoms with Crippen LogP contribution in [0.3, 0.4) is 0 Å². The van der Waals surface area contributed by atoms with Gasteiger partial charge in [-0.15, -0.1) is 0 Å². The topological polar surface area (TPSA) is 68.1 Å². The molecule has 0 aliphatic heterocycles. The average Bonchev–Trinajstić information content (AvgIpc) is 2.54. The number of carbonyl (C=O) groups is 1. The molecule has 0 aromatic heterocycles. The Kier molecular flexibility index (Phi) is 5.94. The quantitative estimate of drug-likeness (QED) is 0.215. The summed E-state index contributed by atoms with van der Waals surface area (Å²) in [6.07, 6.45) is 4.25. The van der Waals surface area contributed by atoms with Crippen LogP contribution in [-0.4, -0.2) is 24.5 Å². The summed E-state index contributed by atoms with van der Waals surface area (Å²) in [6.45, 7) is 0. The fourth-order valence-corrected chi connectivity index (χ4v) is 2.25. The summed E-state index contributed by atoms with van der Waals surface area (Å²) < 4.78 is 11.3. The predicted octanol–water partition coefficient (Wildman–Crippen LogP) is 3.88. The first kappa shape index (κ1) is 16.8. The van der Waals surface area contributed by atoms with Gasteiger partial charge in [-0.2, -0.15) is 0 Å². The lowest BCUT2D eigenvalue weighted by atomic mass is 10.2. The van der Waals surface area contributed by atoms with Crippen molar-refractivity contribution in [3.05, 3.63) is 64.1 Å². The third kappa shape index (κ3) is 4.96. The van der Waals surface area contributed by atoms with Crippen molar-refractivity contribution in [3.8, 4) is 11.5 Å². The van der Waals surface area contributed by atoms with Crippen LogP contribution in [-0.2, 0) is 4.79 Å². The molecule has 5 nitrogen and oxygen atoms in total. The number of nitrogens with zero attached hydrogens (tertiary/aromatic N) is 1. The third-order valence-electron chi connectivity index (χ3n) is 2.87. The first-order valence-corrected chi connectivity index (χ1v) is 7.42. The molecule has 0 saturated carbocycles. The van der Waals surface area contributed by atoms with E-state index >= 15 is 0 Å². The fraction of sp³-hybridized carbons (Fsp3) is 0.0588. The summed E-state index contributed by atoms with van der Waals surface area (Å²) in [5.74, 6) is 0.130. The zero-order valence-corrected chi connectivity index (χ0v) is 13.9. The van der Waals surface area contributed by atoms with Crippen molar-refractivity contribution in [3.63, 3.8) is 0 Å². The summed E-state index contributed by atoms with van der Waals surface area (Å²) in [6, 6.07) is 12.3. The second-order valence-corrected chi connectivity index (χ2v) is 5.38. The van der Waals surface area contributed by atoms with Gasteiger partial charge >= 0.3 is 5.97 Å². The van der Waals surface area contributed by atoms with E-state index in [1.807, 2.05) is 24.3 Å². The molecule has 0 radical (unpaired) electrons. The van der Waals surface area contributed by atoms with E-state index in [0.29, 0.717) is 11.3 Å². The Morgan fingerprint density at radius 3 is 2.70 bits per heavy atom. The van der Waals surface area contributed by atoms with E-state index in [4.69, 9.17) is 14.7 Å². The van der Waals surface area contributed by atoms with Gasteiger partial charge in [-0.05, 0) is 42.0 Å². The van der Waals surface area contributed by atoms with Gasteiger partial charge < -0.3 is 14.7 Å². The van der Waals surface area contributed by atoms with Crippen molar-refractivity contribution in [2.75, 3.05) is 7.11 Å². The Morgan fingerprint density at radius 2 is 2.00 bits per heavy atom. The number of hydrogen-bond acceptors (Lipinski definition) is 5. The normalized spacial score (nSPS) is 11.0. The van der Waals surface area contributed by atoms with Crippen LogP contribution in [0.4, 0.5) is 0 Å². The van der Waals surface area contributed by atoms with Gasteiger partial charge in [-0.25, -0.2) is 4.79 Å². The van der Waals surface area contributed by atoms with E-state index < -0.39 is 5.97 Å². The molecule has 23 heavy (non-hydrogen) atoms. The smallest absolute Gasteiger partial charge is 0.336 e. The molecule has 0 unspecified atom stereocenters. The standard InChI is InChI=1S/C17H14BrNO4/c1-22-16-10-13(11-19-21)5-7-15(16)23-17(20)8-6-12-3-2-4-14(18)9-12/h2-11,21H,1H3/b8-6?,19-11+. The van der Waals surface area contributed by atoms with Crippen LogP contribution < -0.4 is 9.47 Å². The maximum Gasteiger partial charge on any atom is 0.336 e. The molecule has 2 aromatic rings. The van der Waals surface area contributed by atoms with Crippen molar-refractivity contribution < 1.29 is 19.5 Å². The van der Waals surface area contributed by atoms with Gasteiger partial charge in [-0.3, -0.25) is 0 Å². The maximum absolute atomic E-state index is 11.9. The van der Waals surface area contributed by atoms with Crippen LogP contribution in [0.2, 0.25) is 0 Å². The summed E-state index contributed by atoms with van der Waals surface area (Å²) in [5, 5.41) is 11.5. The van der Waals surface area contributed by atoms with Crippen molar-refractivity contribution in [2.24, 2.45) is 5.16 Å². The highest BCUT2D eigenvalue weighted by Crippen LogP contribution is 2.27. The molecule has 0 saturated heterocycles. The van der Waals surface area contributed by atoms with Gasteiger partial charge in [0.15, 0.2) is 11.5 Å². The zero-order valence-electron chi connectivity index (χ0n) is 12.3. The van der Waals surface area contributed by atoms with Crippen LogP contribution in [0.5, 0.6) is 11.5 Å². The summed E-state index contributed by atoms with van der Waals surface area (Å²) in [7, 11) is 1.46. The van der Waals surface area contributed by atoms with Crippen molar-refractivity contribution in [1.82, 2.24) is 0 Å². The van der Waals surface area contributed by atoms with Gasteiger partial charge in [0.2, 0.25) is 0 Å². The molecule has 0 amide bonds. The Labute approximate surface area is 142 Å². The van der Waals surface area contributed by atoms with Crippen molar-refractivity contribution in [1.29, 1.82) is 0 Å². The Morgan fingerprint density at radius 1 is 1.17 bits per heavy atom. The molecule has 118 valence electrons. The maximum atomic E-state index is 11.9. The molecule has 0 aliphatic carbocycles. The van der Waals surface area contributed by atoms with Gasteiger partial charge in [0.25, 0.3) is 0 Å². The summed E-state index contributed by atoms with van der Waals surface area (Å²) in [4.78, 5) is 11.9. The average molecular weight is 376 g/mol. The fourth-order valence-electron chi connectivity index (χ4n) is 1.83. The molecule has 1 N–H and O–H groups in total. The molecule has 0 fully saturated rings. The monoisotopic (exact) mass is 375 g/mol. The minimum Gasteiger partial charge on any atom is -0.493 e. The second-order valence-electron chi connectivity index (χ2n) is 4.46. The lowest BCUT2D eigenvalue weighted by molar-refractivity contribution is -0.129. The minimum absolute atomic E-state index is 0.284. The largest absolute Gasteiger partial charge is 0.493 e. The number of hydrogen-bond donors (Lipinski definition) is 1. The van der Waals surface area contributed by atoms with Crippen LogP contribution >= 0.6 is 15.9 Å². The Hall–Kier alpha value is -2.60. The number of rotatable bonds is 5. The highest BCUT2D eigenvalue weighted by Gasteiger charge is 2.08. The van der Waals surface area contributed by atoms with E-state index in [1.165, 1.54) is 19.4 Å². The van der Waals surface area contributed by atoms with Gasteiger partial charge in [0, 0.05) is 16.1 Å². The number of ether oxygens (including phenoxy) is 2. The highest BCUT2D eigenvalue weighted by molar-refractivity contribution is 9.10. The van der Waals surface area contributed by atoms with Crippen LogP contribution in [0.1, 0.15) is 11.1 Å². The molecule has 0 heterocycles. The lowest BCUT2D eigenvalue weighted by Crippen LogP contribution is -2.05.